The first kappa shape index (κ1) is 12.6. The van der Waals surface area contributed by atoms with E-state index in [1.807, 2.05) is 0 Å². The van der Waals surface area contributed by atoms with Gasteiger partial charge in [0, 0.05) is 0 Å². The Morgan fingerprint density at radius 2 is 1.38 bits per heavy atom. The minimum Gasteiger partial charge on any atom is -0.254 e. The van der Waals surface area contributed by atoms with E-state index in [9.17, 15) is 29.9 Å². The van der Waals surface area contributed by atoms with Gasteiger partial charge in [0.2, 0.25) is 0 Å². The highest BCUT2D eigenvalue weighted by atomic mass is 32.3. The zero-order valence-electron chi connectivity index (χ0n) is 6.56. The molecule has 0 heterocycles. The number of alkyl halides is 4. The van der Waals surface area contributed by atoms with Crippen molar-refractivity contribution in [2.45, 2.75) is 11.3 Å². The Bertz CT molecular complexity index is 283. The van der Waals surface area contributed by atoms with Gasteiger partial charge in [-0.1, -0.05) is 0 Å². The Balaban J connectivity index is 5.50. The monoisotopic (exact) mass is 227 g/mol. The first-order chi connectivity index (χ1) is 5.44. The Kier molecular flexibility index (Phi) is 2.95. The summed E-state index contributed by atoms with van der Waals surface area (Å²) in [7, 11) is -5.46. The Labute approximate surface area is 71.3 Å². The second-order valence-electron chi connectivity index (χ2n) is 2.39. The molecular formula is C4H6F5NO2S. The standard InChI is InChI=1S/C4H6F5NO2S/c1-10(2)4(8,3(5,6)7)13(9,11)12/h1-2H3. The fourth-order valence-electron chi connectivity index (χ4n) is 0.610. The summed E-state index contributed by atoms with van der Waals surface area (Å²) in [5, 5.41) is -4.99. The highest BCUT2D eigenvalue weighted by Crippen LogP contribution is 2.40. The normalized spacial score (nSPS) is 18.8. The minimum atomic E-state index is -6.39. The summed E-state index contributed by atoms with van der Waals surface area (Å²) in [6, 6.07) is 0. The van der Waals surface area contributed by atoms with Crippen molar-refractivity contribution in [3.8, 4) is 0 Å². The lowest BCUT2D eigenvalue weighted by molar-refractivity contribution is -0.237. The van der Waals surface area contributed by atoms with Crippen LogP contribution in [0.15, 0.2) is 0 Å². The van der Waals surface area contributed by atoms with Crippen molar-refractivity contribution in [2.24, 2.45) is 0 Å². The maximum Gasteiger partial charge on any atom is 0.455 e. The maximum atomic E-state index is 12.8. The van der Waals surface area contributed by atoms with E-state index in [0.717, 1.165) is 0 Å². The number of halogens is 5. The maximum absolute atomic E-state index is 12.8. The molecule has 0 fully saturated rings. The van der Waals surface area contributed by atoms with Crippen molar-refractivity contribution >= 4 is 10.2 Å². The van der Waals surface area contributed by atoms with Crippen LogP contribution in [0.4, 0.5) is 21.4 Å². The van der Waals surface area contributed by atoms with Crippen molar-refractivity contribution in [2.75, 3.05) is 14.1 Å². The molecule has 3 nitrogen and oxygen atoms in total. The van der Waals surface area contributed by atoms with Gasteiger partial charge in [0.15, 0.2) is 0 Å². The van der Waals surface area contributed by atoms with Crippen LogP contribution < -0.4 is 0 Å². The molecule has 0 radical (unpaired) electrons. The molecule has 0 aromatic heterocycles. The zero-order valence-corrected chi connectivity index (χ0v) is 7.38. The van der Waals surface area contributed by atoms with Crippen molar-refractivity contribution < 1.29 is 29.9 Å². The van der Waals surface area contributed by atoms with Gasteiger partial charge in [-0.3, -0.25) is 4.90 Å². The molecule has 0 aliphatic heterocycles. The van der Waals surface area contributed by atoms with Crippen molar-refractivity contribution in [3.63, 3.8) is 0 Å². The van der Waals surface area contributed by atoms with Crippen LogP contribution in [-0.4, -0.2) is 38.7 Å². The predicted molar refractivity (Wildman–Crippen MR) is 33.6 cm³/mol. The van der Waals surface area contributed by atoms with E-state index in [-0.39, 0.29) is 0 Å². The lowest BCUT2D eigenvalue weighted by atomic mass is 10.5. The Morgan fingerprint density at radius 3 is 1.38 bits per heavy atom. The molecule has 1 atom stereocenters. The van der Waals surface area contributed by atoms with Crippen molar-refractivity contribution in [3.05, 3.63) is 0 Å². The largest absolute Gasteiger partial charge is 0.455 e. The number of rotatable bonds is 2. The summed E-state index contributed by atoms with van der Waals surface area (Å²) < 4.78 is 80.1. The fraction of sp³-hybridized carbons (Fsp3) is 1.00. The number of hydrogen-bond donors (Lipinski definition) is 0. The lowest BCUT2D eigenvalue weighted by Gasteiger charge is -2.29. The summed E-state index contributed by atoms with van der Waals surface area (Å²) in [6.07, 6.45) is -5.84. The van der Waals surface area contributed by atoms with Gasteiger partial charge in [0.25, 0.3) is 0 Å². The average Bonchev–Trinajstić information content (AvgIpc) is 1.80. The van der Waals surface area contributed by atoms with Gasteiger partial charge in [-0.25, -0.2) is 0 Å². The molecule has 0 spiro atoms. The molecule has 0 aromatic carbocycles. The van der Waals surface area contributed by atoms with Gasteiger partial charge in [-0.15, -0.1) is 3.89 Å². The predicted octanol–water partition coefficient (Wildman–Crippen LogP) is 1.03. The highest BCUT2D eigenvalue weighted by molar-refractivity contribution is 7.87. The Morgan fingerprint density at radius 1 is 1.08 bits per heavy atom. The summed E-state index contributed by atoms with van der Waals surface area (Å²) in [4.78, 5) is -0.400. The van der Waals surface area contributed by atoms with Gasteiger partial charge < -0.3 is 0 Å². The molecule has 0 aliphatic carbocycles. The van der Waals surface area contributed by atoms with E-state index in [1.54, 1.807) is 0 Å². The summed E-state index contributed by atoms with van der Waals surface area (Å²) >= 11 is 0. The second-order valence-corrected chi connectivity index (χ2v) is 3.81. The van der Waals surface area contributed by atoms with Gasteiger partial charge in [0.05, 0.1) is 0 Å². The second kappa shape index (κ2) is 3.05. The van der Waals surface area contributed by atoms with E-state index in [4.69, 9.17) is 0 Å². The molecule has 0 bridgehead atoms. The van der Waals surface area contributed by atoms with Crippen LogP contribution in [0.1, 0.15) is 0 Å². The Hall–Kier alpha value is -0.440. The SMILES string of the molecule is CN(C)C(F)(C(F)(F)F)S(=O)(=O)F. The zero-order chi connectivity index (χ0) is 11.1. The molecular weight excluding hydrogens is 221 g/mol. The molecule has 1 unspecified atom stereocenters. The summed E-state index contributed by atoms with van der Waals surface area (Å²) in [5.74, 6) is 0. The van der Waals surface area contributed by atoms with Crippen LogP contribution in [0.5, 0.6) is 0 Å². The van der Waals surface area contributed by atoms with E-state index < -0.39 is 26.4 Å². The van der Waals surface area contributed by atoms with Crippen LogP contribution in [-0.2, 0) is 10.2 Å². The van der Waals surface area contributed by atoms with E-state index in [1.165, 1.54) is 0 Å². The number of nitrogens with zero attached hydrogens (tertiary/aromatic N) is 1. The molecule has 0 amide bonds. The van der Waals surface area contributed by atoms with Gasteiger partial charge in [-0.2, -0.15) is 26.0 Å². The lowest BCUT2D eigenvalue weighted by Crippen LogP contribution is -2.56. The third-order valence-electron chi connectivity index (χ3n) is 1.25. The third kappa shape index (κ3) is 1.90. The molecule has 13 heavy (non-hydrogen) atoms. The summed E-state index contributed by atoms with van der Waals surface area (Å²) in [6.45, 7) is 0. The minimum absolute atomic E-state index is 0.400. The molecule has 80 valence electrons. The fourth-order valence-corrected chi connectivity index (χ4v) is 1.32. The molecule has 0 saturated carbocycles. The van der Waals surface area contributed by atoms with Crippen molar-refractivity contribution in [1.82, 2.24) is 4.90 Å². The van der Waals surface area contributed by atoms with E-state index in [2.05, 4.69) is 0 Å². The number of hydrogen-bond acceptors (Lipinski definition) is 3. The molecule has 0 saturated heterocycles. The molecule has 0 rings (SSSR count). The van der Waals surface area contributed by atoms with Gasteiger partial charge in [0.1, 0.15) is 0 Å². The summed E-state index contributed by atoms with van der Waals surface area (Å²) in [5.41, 5.74) is 0. The van der Waals surface area contributed by atoms with E-state index in [0.29, 0.717) is 14.1 Å². The van der Waals surface area contributed by atoms with Crippen LogP contribution >= 0.6 is 0 Å². The van der Waals surface area contributed by atoms with Crippen LogP contribution in [0.2, 0.25) is 0 Å². The highest BCUT2D eigenvalue weighted by Gasteiger charge is 2.68. The smallest absolute Gasteiger partial charge is 0.254 e. The van der Waals surface area contributed by atoms with Crippen LogP contribution in [0.25, 0.3) is 0 Å². The first-order valence-electron chi connectivity index (χ1n) is 2.82. The van der Waals surface area contributed by atoms with Crippen molar-refractivity contribution in [1.29, 1.82) is 0 Å². The first-order valence-corrected chi connectivity index (χ1v) is 4.20. The van der Waals surface area contributed by atoms with Crippen LogP contribution in [0, 0.1) is 0 Å². The molecule has 0 aliphatic rings. The third-order valence-corrected chi connectivity index (χ3v) is 2.49. The topological polar surface area (TPSA) is 37.4 Å². The van der Waals surface area contributed by atoms with Gasteiger partial charge in [-0.05, 0) is 14.1 Å². The van der Waals surface area contributed by atoms with Gasteiger partial charge >= 0.3 is 21.5 Å². The molecule has 0 aromatic rings. The van der Waals surface area contributed by atoms with E-state index >= 15 is 0 Å². The molecule has 9 heteroatoms. The average molecular weight is 227 g/mol. The quantitative estimate of drug-likeness (QED) is 0.401. The molecule has 0 N–H and O–H groups in total. The van der Waals surface area contributed by atoms with Crippen LogP contribution in [0.3, 0.4) is 0 Å².